The van der Waals surface area contributed by atoms with Gasteiger partial charge in [0.1, 0.15) is 0 Å². The molecule has 0 fully saturated rings. The zero-order chi connectivity index (χ0) is 27.6. The molecule has 0 atom stereocenters. The summed E-state index contributed by atoms with van der Waals surface area (Å²) in [5, 5.41) is 12.0. The summed E-state index contributed by atoms with van der Waals surface area (Å²) in [6.07, 6.45) is -3.36. The van der Waals surface area contributed by atoms with Crippen LogP contribution in [0.4, 0.5) is 18.9 Å². The summed E-state index contributed by atoms with van der Waals surface area (Å²) in [7, 11) is 0. The summed E-state index contributed by atoms with van der Waals surface area (Å²) in [5.74, 6) is -1.04. The fraction of sp³-hybridized carbons (Fsp3) is 0.120. The zero-order valence-corrected chi connectivity index (χ0v) is 20.7. The van der Waals surface area contributed by atoms with Gasteiger partial charge in [-0.25, -0.2) is 9.79 Å². The molecule has 13 heteroatoms. The van der Waals surface area contributed by atoms with E-state index in [9.17, 15) is 28.1 Å². The van der Waals surface area contributed by atoms with Gasteiger partial charge in [-0.15, -0.1) is 0 Å². The third-order valence-corrected chi connectivity index (χ3v) is 5.60. The Bertz CT molecular complexity index is 1500. The molecule has 0 radical (unpaired) electrons. The molecule has 4 rings (SSSR count). The van der Waals surface area contributed by atoms with E-state index in [2.05, 4.69) is 4.99 Å². The zero-order valence-electron chi connectivity index (χ0n) is 19.2. The number of carbonyl (C=O) groups excluding carboxylic acids is 1. The van der Waals surface area contributed by atoms with Crippen LogP contribution in [-0.4, -0.2) is 23.4 Å². The lowest BCUT2D eigenvalue weighted by atomic mass is 10.1. The Morgan fingerprint density at radius 2 is 1.79 bits per heavy atom. The van der Waals surface area contributed by atoms with E-state index in [1.165, 1.54) is 30.3 Å². The minimum Gasteiger partial charge on any atom is -0.490 e. The molecule has 8 nitrogen and oxygen atoms in total. The van der Waals surface area contributed by atoms with Crippen molar-refractivity contribution in [3.63, 3.8) is 0 Å². The molecule has 0 N–H and O–H groups in total. The fourth-order valence-corrected chi connectivity index (χ4v) is 3.84. The summed E-state index contributed by atoms with van der Waals surface area (Å²) >= 11 is 12.1. The van der Waals surface area contributed by atoms with Crippen molar-refractivity contribution >= 4 is 46.8 Å². The normalized spacial score (nSPS) is 14.3. The Morgan fingerprint density at radius 3 is 2.45 bits per heavy atom. The van der Waals surface area contributed by atoms with Crippen molar-refractivity contribution in [3.8, 4) is 17.2 Å². The molecular weight excluding hydrogens is 552 g/mol. The molecule has 1 aliphatic rings. The van der Waals surface area contributed by atoms with Gasteiger partial charge in [-0.1, -0.05) is 29.3 Å². The molecule has 3 aromatic rings. The molecule has 0 saturated carbocycles. The predicted molar refractivity (Wildman–Crippen MR) is 133 cm³/mol. The highest BCUT2D eigenvalue weighted by Crippen LogP contribution is 2.40. The van der Waals surface area contributed by atoms with Crippen molar-refractivity contribution in [3.05, 3.63) is 97.1 Å². The lowest BCUT2D eigenvalue weighted by molar-refractivity contribution is -0.385. The number of hydrogen-bond donors (Lipinski definition) is 0. The van der Waals surface area contributed by atoms with Crippen LogP contribution >= 0.6 is 23.2 Å². The molecule has 1 heterocycles. The molecule has 196 valence electrons. The van der Waals surface area contributed by atoms with Gasteiger partial charge in [0, 0.05) is 11.1 Å². The molecule has 0 aliphatic carbocycles. The molecular formula is C25H15Cl2F3N2O6. The highest BCUT2D eigenvalue weighted by atomic mass is 35.5. The van der Waals surface area contributed by atoms with E-state index in [4.69, 9.17) is 37.4 Å². The topological polar surface area (TPSA) is 100 Å². The second kappa shape index (κ2) is 10.7. The second-order valence-electron chi connectivity index (χ2n) is 7.64. The number of esters is 1. The van der Waals surface area contributed by atoms with Crippen molar-refractivity contribution in [1.82, 2.24) is 0 Å². The highest BCUT2D eigenvalue weighted by molar-refractivity contribution is 6.37. The van der Waals surface area contributed by atoms with E-state index in [0.717, 1.165) is 6.07 Å². The Labute approximate surface area is 223 Å². The van der Waals surface area contributed by atoms with E-state index in [0.29, 0.717) is 28.3 Å². The summed E-state index contributed by atoms with van der Waals surface area (Å²) in [5.41, 5.74) is -1.30. The van der Waals surface area contributed by atoms with Crippen LogP contribution in [0.1, 0.15) is 23.6 Å². The van der Waals surface area contributed by atoms with Crippen molar-refractivity contribution in [2.75, 3.05) is 6.61 Å². The molecule has 0 bridgehead atoms. The summed E-state index contributed by atoms with van der Waals surface area (Å²) in [6.45, 7) is 1.85. The number of ether oxygens (including phenoxy) is 3. The molecule has 1 aliphatic heterocycles. The molecule has 0 saturated heterocycles. The first kappa shape index (κ1) is 27.0. The predicted octanol–water partition coefficient (Wildman–Crippen LogP) is 7.46. The van der Waals surface area contributed by atoms with Gasteiger partial charge in [0.2, 0.25) is 11.6 Å². The molecule has 3 aromatic carbocycles. The number of nitro groups is 1. The van der Waals surface area contributed by atoms with E-state index in [1.807, 2.05) is 0 Å². The molecule has 38 heavy (non-hydrogen) atoms. The summed E-state index contributed by atoms with van der Waals surface area (Å²) in [6, 6.07) is 10.9. The van der Waals surface area contributed by atoms with Crippen LogP contribution in [0.2, 0.25) is 10.0 Å². The number of carbonyl (C=O) groups is 1. The van der Waals surface area contributed by atoms with E-state index < -0.39 is 34.1 Å². The van der Waals surface area contributed by atoms with E-state index in [1.54, 1.807) is 19.1 Å². The van der Waals surface area contributed by atoms with Crippen LogP contribution in [0.3, 0.4) is 0 Å². The Morgan fingerprint density at radius 1 is 1.05 bits per heavy atom. The van der Waals surface area contributed by atoms with Crippen LogP contribution in [0.25, 0.3) is 6.08 Å². The van der Waals surface area contributed by atoms with Gasteiger partial charge in [-0.3, -0.25) is 10.1 Å². The van der Waals surface area contributed by atoms with E-state index in [-0.39, 0.29) is 34.7 Å². The summed E-state index contributed by atoms with van der Waals surface area (Å²) < 4.78 is 55.4. The van der Waals surface area contributed by atoms with E-state index >= 15 is 0 Å². The number of nitro benzene ring substituents is 1. The van der Waals surface area contributed by atoms with Gasteiger partial charge in [0.05, 0.1) is 27.7 Å². The molecule has 0 spiro atoms. The fourth-order valence-electron chi connectivity index (χ4n) is 3.35. The number of alkyl halides is 3. The average Bonchev–Trinajstić information content (AvgIpc) is 3.19. The maximum atomic E-state index is 13.0. The monoisotopic (exact) mass is 566 g/mol. The van der Waals surface area contributed by atoms with Gasteiger partial charge in [-0.05, 0) is 61.0 Å². The first-order valence-electron chi connectivity index (χ1n) is 10.7. The van der Waals surface area contributed by atoms with Gasteiger partial charge < -0.3 is 14.2 Å². The summed E-state index contributed by atoms with van der Waals surface area (Å²) in [4.78, 5) is 27.0. The second-order valence-corrected chi connectivity index (χ2v) is 8.48. The van der Waals surface area contributed by atoms with Crippen molar-refractivity contribution in [1.29, 1.82) is 0 Å². The number of aliphatic imine (C=N–C) groups is 1. The Hall–Kier alpha value is -4.09. The molecule has 0 aromatic heterocycles. The van der Waals surface area contributed by atoms with Gasteiger partial charge >= 0.3 is 17.8 Å². The molecule has 0 amide bonds. The number of hydrogen-bond acceptors (Lipinski definition) is 7. The smallest absolute Gasteiger partial charge is 0.416 e. The minimum absolute atomic E-state index is 0.00277. The van der Waals surface area contributed by atoms with Crippen LogP contribution in [-0.2, 0) is 15.7 Å². The van der Waals surface area contributed by atoms with Gasteiger partial charge in [-0.2, -0.15) is 13.2 Å². The number of halogens is 5. The first-order chi connectivity index (χ1) is 18.0. The van der Waals surface area contributed by atoms with Crippen LogP contribution in [0.5, 0.6) is 17.2 Å². The Kier molecular flexibility index (Phi) is 7.61. The van der Waals surface area contributed by atoms with Crippen molar-refractivity contribution in [2.45, 2.75) is 13.1 Å². The quantitative estimate of drug-likeness (QED) is 0.127. The highest BCUT2D eigenvalue weighted by Gasteiger charge is 2.33. The number of nitrogens with zero attached hydrogens (tertiary/aromatic N) is 2. The minimum atomic E-state index is -4.77. The van der Waals surface area contributed by atoms with Crippen LogP contribution in [0.15, 0.2) is 65.3 Å². The first-order valence-corrected chi connectivity index (χ1v) is 11.5. The average molecular weight is 567 g/mol. The van der Waals surface area contributed by atoms with Crippen molar-refractivity contribution in [2.24, 2.45) is 4.99 Å². The lowest BCUT2D eigenvalue weighted by Gasteiger charge is -2.13. The third-order valence-electron chi connectivity index (χ3n) is 5.06. The maximum Gasteiger partial charge on any atom is 0.416 e. The lowest BCUT2D eigenvalue weighted by Crippen LogP contribution is -2.06. The van der Waals surface area contributed by atoms with Crippen LogP contribution in [0, 0.1) is 10.1 Å². The maximum absolute atomic E-state index is 13.0. The number of cyclic esters (lactones) is 1. The standard InChI is InChI=1S/C25H15Cl2F3N2O6/c1-2-36-22-10-13(9-18-24(33)38-23(31-18)16-6-5-15(26)12-17(16)27)3-7-21(22)37-20-8-4-14(25(28,29)30)11-19(20)32(34)35/h3-12H,2H2,1H3/b18-9-. The van der Waals surface area contributed by atoms with Crippen molar-refractivity contribution < 1.29 is 37.1 Å². The third kappa shape index (κ3) is 5.90. The van der Waals surface area contributed by atoms with Crippen LogP contribution < -0.4 is 9.47 Å². The van der Waals surface area contributed by atoms with Gasteiger partial charge in [0.25, 0.3) is 0 Å². The Balaban J connectivity index is 1.66. The number of benzene rings is 3. The SMILES string of the molecule is CCOc1cc(/C=C2\N=C(c3ccc(Cl)cc3Cl)OC2=O)ccc1Oc1ccc(C(F)(F)F)cc1[N+](=O)[O-]. The largest absolute Gasteiger partial charge is 0.490 e. The molecule has 0 unspecified atom stereocenters. The van der Waals surface area contributed by atoms with Gasteiger partial charge in [0.15, 0.2) is 17.2 Å². The number of rotatable bonds is 7.